The molecule has 6 nitrogen and oxygen atoms in total. The summed E-state index contributed by atoms with van der Waals surface area (Å²) in [6, 6.07) is 14.8. The molecule has 0 aromatic heterocycles. The van der Waals surface area contributed by atoms with Crippen molar-refractivity contribution in [3.63, 3.8) is 0 Å². The Morgan fingerprint density at radius 1 is 1.10 bits per heavy atom. The lowest BCUT2D eigenvalue weighted by atomic mass is 9.80. The van der Waals surface area contributed by atoms with Gasteiger partial charge < -0.3 is 4.74 Å². The summed E-state index contributed by atoms with van der Waals surface area (Å²) < 4.78 is 4.94. The number of hydrogen-bond acceptors (Lipinski definition) is 5. The molecular formula is C22H21ClN2O4. The minimum atomic E-state index is -1.27. The summed E-state index contributed by atoms with van der Waals surface area (Å²) in [6.07, 6.45) is 0. The van der Waals surface area contributed by atoms with Crippen LogP contribution in [0.5, 0.6) is 0 Å². The van der Waals surface area contributed by atoms with E-state index < -0.39 is 29.4 Å². The minimum absolute atomic E-state index is 0.288. The predicted molar refractivity (Wildman–Crippen MR) is 108 cm³/mol. The standard InChI is InChI=1S/C22H21ClN2O4/c1-22(21(28)29-3)17-16(19(26)25(2)20(17)27)18(24-22)13-9-7-12(8-10-13)14-5-4-6-15(23)11-14/h4-11,16-18,24H,1-3H3/t16-,17-,18-,22-/m1/s1. The van der Waals surface area contributed by atoms with E-state index in [2.05, 4.69) is 5.32 Å². The number of rotatable bonds is 3. The highest BCUT2D eigenvalue weighted by molar-refractivity contribution is 6.30. The molecule has 2 heterocycles. The van der Waals surface area contributed by atoms with Gasteiger partial charge in [-0.3, -0.25) is 24.6 Å². The number of methoxy groups -OCH3 is 1. The van der Waals surface area contributed by atoms with E-state index in [1.807, 2.05) is 48.5 Å². The van der Waals surface area contributed by atoms with E-state index in [9.17, 15) is 14.4 Å². The first-order chi connectivity index (χ1) is 13.8. The number of halogens is 1. The molecule has 29 heavy (non-hydrogen) atoms. The zero-order chi connectivity index (χ0) is 20.9. The van der Waals surface area contributed by atoms with Crippen molar-refractivity contribution in [1.82, 2.24) is 10.2 Å². The summed E-state index contributed by atoms with van der Waals surface area (Å²) in [5.41, 5.74) is 1.52. The maximum absolute atomic E-state index is 12.8. The number of hydrogen-bond donors (Lipinski definition) is 1. The normalized spacial score (nSPS) is 28.6. The van der Waals surface area contributed by atoms with Crippen LogP contribution in [0, 0.1) is 11.8 Å². The Hall–Kier alpha value is -2.70. The molecule has 0 bridgehead atoms. The first-order valence-corrected chi connectivity index (χ1v) is 9.69. The summed E-state index contributed by atoms with van der Waals surface area (Å²) in [6.45, 7) is 1.63. The number of nitrogens with one attached hydrogen (secondary N) is 1. The Balaban J connectivity index is 1.72. The van der Waals surface area contributed by atoms with E-state index in [4.69, 9.17) is 16.3 Å². The molecule has 150 valence electrons. The van der Waals surface area contributed by atoms with Crippen molar-refractivity contribution < 1.29 is 19.1 Å². The van der Waals surface area contributed by atoms with E-state index in [0.29, 0.717) is 5.02 Å². The highest BCUT2D eigenvalue weighted by Gasteiger charge is 2.66. The van der Waals surface area contributed by atoms with Gasteiger partial charge in [-0.2, -0.15) is 0 Å². The Morgan fingerprint density at radius 3 is 2.41 bits per heavy atom. The van der Waals surface area contributed by atoms with Crippen LogP contribution in [0.25, 0.3) is 11.1 Å². The van der Waals surface area contributed by atoms with Crippen LogP contribution in [0.3, 0.4) is 0 Å². The second kappa shape index (κ2) is 6.97. The Kier molecular flexibility index (Phi) is 4.71. The second-order valence-corrected chi connectivity index (χ2v) is 8.12. The largest absolute Gasteiger partial charge is 0.468 e. The molecule has 2 aromatic rings. The number of imide groups is 1. The fourth-order valence-corrected chi connectivity index (χ4v) is 4.71. The quantitative estimate of drug-likeness (QED) is 0.619. The van der Waals surface area contributed by atoms with Crippen LogP contribution in [0.2, 0.25) is 5.02 Å². The molecule has 2 saturated heterocycles. The van der Waals surface area contributed by atoms with Crippen molar-refractivity contribution in [1.29, 1.82) is 0 Å². The lowest BCUT2D eigenvalue weighted by Gasteiger charge is -2.27. The number of amides is 2. The van der Waals surface area contributed by atoms with Crippen LogP contribution in [-0.4, -0.2) is 42.4 Å². The predicted octanol–water partition coefficient (Wildman–Crippen LogP) is 2.81. The number of benzene rings is 2. The van der Waals surface area contributed by atoms with Crippen molar-refractivity contribution >= 4 is 29.4 Å². The molecule has 2 amide bonds. The maximum Gasteiger partial charge on any atom is 0.326 e. The van der Waals surface area contributed by atoms with Gasteiger partial charge in [0.05, 0.1) is 18.9 Å². The molecule has 2 aromatic carbocycles. The molecule has 2 fully saturated rings. The topological polar surface area (TPSA) is 75.7 Å². The van der Waals surface area contributed by atoms with E-state index in [1.165, 1.54) is 14.2 Å². The molecule has 2 aliphatic rings. The summed E-state index contributed by atoms with van der Waals surface area (Å²) in [5, 5.41) is 3.87. The van der Waals surface area contributed by atoms with Crippen LogP contribution in [0.1, 0.15) is 18.5 Å². The molecule has 0 saturated carbocycles. The minimum Gasteiger partial charge on any atom is -0.468 e. The van der Waals surface area contributed by atoms with Gasteiger partial charge in [-0.25, -0.2) is 0 Å². The first-order valence-electron chi connectivity index (χ1n) is 9.31. The van der Waals surface area contributed by atoms with Crippen molar-refractivity contribution in [2.75, 3.05) is 14.2 Å². The highest BCUT2D eigenvalue weighted by atomic mass is 35.5. The Labute approximate surface area is 173 Å². The van der Waals surface area contributed by atoms with Crippen molar-refractivity contribution in [3.8, 4) is 11.1 Å². The zero-order valence-electron chi connectivity index (χ0n) is 16.3. The van der Waals surface area contributed by atoms with Gasteiger partial charge in [0.1, 0.15) is 5.54 Å². The highest BCUT2D eigenvalue weighted by Crippen LogP contribution is 2.48. The van der Waals surface area contributed by atoms with Crippen LogP contribution in [0.4, 0.5) is 0 Å². The van der Waals surface area contributed by atoms with E-state index in [0.717, 1.165) is 21.6 Å². The average molecular weight is 413 g/mol. The van der Waals surface area contributed by atoms with Crippen LogP contribution in [0.15, 0.2) is 48.5 Å². The van der Waals surface area contributed by atoms with Crippen LogP contribution in [-0.2, 0) is 19.1 Å². The number of likely N-dealkylation sites (tertiary alicyclic amines) is 1. The van der Waals surface area contributed by atoms with Crippen molar-refractivity contribution in [2.24, 2.45) is 11.8 Å². The van der Waals surface area contributed by atoms with Crippen molar-refractivity contribution in [2.45, 2.75) is 18.5 Å². The molecule has 4 rings (SSSR count). The van der Waals surface area contributed by atoms with E-state index in [1.54, 1.807) is 6.92 Å². The lowest BCUT2D eigenvalue weighted by Crippen LogP contribution is -2.53. The average Bonchev–Trinajstić information content (AvgIpc) is 3.16. The second-order valence-electron chi connectivity index (χ2n) is 7.69. The fraction of sp³-hybridized carbons (Fsp3) is 0.318. The van der Waals surface area contributed by atoms with E-state index in [-0.39, 0.29) is 11.8 Å². The van der Waals surface area contributed by atoms with E-state index >= 15 is 0 Å². The Bertz CT molecular complexity index is 1010. The number of ether oxygens (including phenoxy) is 1. The first kappa shape index (κ1) is 19.6. The van der Waals surface area contributed by atoms with Gasteiger partial charge in [0.25, 0.3) is 0 Å². The molecule has 4 atom stereocenters. The SMILES string of the molecule is COC(=O)[C@]1(C)N[C@H](c2ccc(-c3cccc(Cl)c3)cc2)[C@@H]2C(=O)N(C)C(=O)[C@@H]21. The van der Waals surface area contributed by atoms with Gasteiger partial charge in [0.2, 0.25) is 11.8 Å². The molecule has 0 aliphatic carbocycles. The molecule has 7 heteroatoms. The maximum atomic E-state index is 12.8. The molecule has 0 spiro atoms. The lowest BCUT2D eigenvalue weighted by molar-refractivity contribution is -0.152. The van der Waals surface area contributed by atoms with Gasteiger partial charge >= 0.3 is 5.97 Å². The van der Waals surface area contributed by atoms with Gasteiger partial charge in [0.15, 0.2) is 0 Å². The monoisotopic (exact) mass is 412 g/mol. The zero-order valence-corrected chi connectivity index (χ0v) is 17.1. The summed E-state index contributed by atoms with van der Waals surface area (Å²) >= 11 is 6.08. The van der Waals surface area contributed by atoms with Gasteiger partial charge in [-0.1, -0.05) is 48.0 Å². The molecule has 0 radical (unpaired) electrons. The number of carbonyl (C=O) groups is 3. The summed E-state index contributed by atoms with van der Waals surface area (Å²) in [4.78, 5) is 39.2. The third-order valence-corrected chi connectivity index (χ3v) is 6.28. The molecule has 2 aliphatic heterocycles. The number of esters is 1. The molecule has 0 unspecified atom stereocenters. The summed E-state index contributed by atoms with van der Waals surface area (Å²) in [7, 11) is 2.74. The van der Waals surface area contributed by atoms with Gasteiger partial charge in [-0.15, -0.1) is 0 Å². The molecular weight excluding hydrogens is 392 g/mol. The van der Waals surface area contributed by atoms with Gasteiger partial charge in [-0.05, 0) is 35.7 Å². The van der Waals surface area contributed by atoms with Crippen LogP contribution >= 0.6 is 11.6 Å². The Morgan fingerprint density at radius 2 is 1.79 bits per heavy atom. The number of fused-ring (bicyclic) bond motifs is 1. The third-order valence-electron chi connectivity index (χ3n) is 6.05. The smallest absolute Gasteiger partial charge is 0.326 e. The van der Waals surface area contributed by atoms with Crippen LogP contribution < -0.4 is 5.32 Å². The fourth-order valence-electron chi connectivity index (χ4n) is 4.52. The van der Waals surface area contributed by atoms with Crippen molar-refractivity contribution in [3.05, 3.63) is 59.1 Å². The number of carbonyl (C=O) groups excluding carboxylic acids is 3. The third kappa shape index (κ3) is 2.94. The summed E-state index contributed by atoms with van der Waals surface area (Å²) in [5.74, 6) is -2.66. The molecule has 1 N–H and O–H groups in total. The van der Waals surface area contributed by atoms with Gasteiger partial charge in [0, 0.05) is 18.1 Å². The number of nitrogens with zero attached hydrogens (tertiary/aromatic N) is 1.